The molecule has 1 aliphatic heterocycles. The minimum absolute atomic E-state index is 0.176. The molecular formula is C13H29N3O2S. The maximum Gasteiger partial charge on any atom is 0.281 e. The van der Waals surface area contributed by atoms with E-state index in [9.17, 15) is 8.42 Å². The highest BCUT2D eigenvalue weighted by atomic mass is 32.2. The zero-order chi connectivity index (χ0) is 14.7. The Hall–Kier alpha value is -0.170. The average Bonchev–Trinajstić information content (AvgIpc) is 2.78. The second-order valence-corrected chi connectivity index (χ2v) is 8.53. The van der Waals surface area contributed by atoms with E-state index in [-0.39, 0.29) is 5.41 Å². The zero-order valence-corrected chi connectivity index (χ0v) is 13.8. The van der Waals surface area contributed by atoms with Gasteiger partial charge in [-0.25, -0.2) is 0 Å². The Kier molecular flexibility index (Phi) is 5.79. The molecule has 5 nitrogen and oxygen atoms in total. The molecule has 0 bridgehead atoms. The maximum absolute atomic E-state index is 12.4. The Morgan fingerprint density at radius 2 is 2.00 bits per heavy atom. The molecule has 0 spiro atoms. The topological polar surface area (TPSA) is 52.7 Å². The summed E-state index contributed by atoms with van der Waals surface area (Å²) in [5.74, 6) is 0.452. The van der Waals surface area contributed by atoms with Crippen LogP contribution >= 0.6 is 0 Å². The smallest absolute Gasteiger partial charge is 0.281 e. The zero-order valence-electron chi connectivity index (χ0n) is 12.9. The molecule has 1 atom stereocenters. The number of nitrogens with one attached hydrogen (secondary N) is 1. The number of hydrogen-bond acceptors (Lipinski definition) is 3. The average molecular weight is 291 g/mol. The Morgan fingerprint density at radius 3 is 2.47 bits per heavy atom. The van der Waals surface area contributed by atoms with Crippen LogP contribution in [0.2, 0.25) is 0 Å². The molecule has 0 radical (unpaired) electrons. The van der Waals surface area contributed by atoms with Crippen LogP contribution in [0.4, 0.5) is 0 Å². The van der Waals surface area contributed by atoms with Crippen molar-refractivity contribution in [3.63, 3.8) is 0 Å². The van der Waals surface area contributed by atoms with Crippen LogP contribution in [0.3, 0.4) is 0 Å². The van der Waals surface area contributed by atoms with Gasteiger partial charge in [0.15, 0.2) is 0 Å². The third kappa shape index (κ3) is 4.41. The van der Waals surface area contributed by atoms with Gasteiger partial charge in [0, 0.05) is 26.7 Å². The van der Waals surface area contributed by atoms with E-state index >= 15 is 0 Å². The molecule has 1 aliphatic rings. The molecule has 1 unspecified atom stereocenters. The summed E-state index contributed by atoms with van der Waals surface area (Å²) in [6, 6.07) is 0. The molecular weight excluding hydrogens is 262 g/mol. The van der Waals surface area contributed by atoms with Crippen LogP contribution in [0.15, 0.2) is 0 Å². The van der Waals surface area contributed by atoms with Crippen LogP contribution in [-0.4, -0.2) is 57.3 Å². The van der Waals surface area contributed by atoms with Gasteiger partial charge in [-0.3, -0.25) is 0 Å². The van der Waals surface area contributed by atoms with Gasteiger partial charge in [0.25, 0.3) is 10.2 Å². The van der Waals surface area contributed by atoms with Crippen molar-refractivity contribution in [1.29, 1.82) is 0 Å². The van der Waals surface area contributed by atoms with E-state index in [1.165, 1.54) is 4.31 Å². The van der Waals surface area contributed by atoms with E-state index in [0.717, 1.165) is 19.4 Å². The summed E-state index contributed by atoms with van der Waals surface area (Å²) in [6.07, 6.45) is 1.80. The molecule has 1 rings (SSSR count). The Bertz CT molecular complexity index is 376. The van der Waals surface area contributed by atoms with Gasteiger partial charge in [-0.1, -0.05) is 20.8 Å². The monoisotopic (exact) mass is 291 g/mol. The summed E-state index contributed by atoms with van der Waals surface area (Å²) >= 11 is 0. The van der Waals surface area contributed by atoms with Gasteiger partial charge < -0.3 is 5.32 Å². The summed E-state index contributed by atoms with van der Waals surface area (Å²) < 4.78 is 28.0. The van der Waals surface area contributed by atoms with Gasteiger partial charge in [0.2, 0.25) is 0 Å². The molecule has 114 valence electrons. The number of hydrogen-bond donors (Lipinski definition) is 1. The molecule has 1 N–H and O–H groups in total. The fourth-order valence-electron chi connectivity index (χ4n) is 2.44. The van der Waals surface area contributed by atoms with Gasteiger partial charge in [0.1, 0.15) is 0 Å². The Labute approximate surface area is 118 Å². The summed E-state index contributed by atoms with van der Waals surface area (Å²) in [5.41, 5.74) is 0.176. The summed E-state index contributed by atoms with van der Waals surface area (Å²) in [7, 11) is 0.280. The molecule has 0 aromatic rings. The number of nitrogens with zero attached hydrogens (tertiary/aromatic N) is 2. The highest BCUT2D eigenvalue weighted by Crippen LogP contribution is 2.34. The second kappa shape index (κ2) is 6.52. The van der Waals surface area contributed by atoms with Gasteiger partial charge in [-0.15, -0.1) is 0 Å². The van der Waals surface area contributed by atoms with Crippen LogP contribution in [0, 0.1) is 11.3 Å². The lowest BCUT2D eigenvalue weighted by atomic mass is 9.80. The van der Waals surface area contributed by atoms with E-state index < -0.39 is 10.2 Å². The van der Waals surface area contributed by atoms with E-state index in [0.29, 0.717) is 25.6 Å². The van der Waals surface area contributed by atoms with E-state index in [1.807, 2.05) is 7.05 Å². The molecule has 0 aliphatic carbocycles. The molecule has 1 heterocycles. The van der Waals surface area contributed by atoms with E-state index in [1.54, 1.807) is 11.4 Å². The first-order chi connectivity index (χ1) is 8.69. The van der Waals surface area contributed by atoms with Crippen molar-refractivity contribution in [2.45, 2.75) is 33.6 Å². The predicted octanol–water partition coefficient (Wildman–Crippen LogP) is 1.14. The molecule has 0 amide bonds. The molecule has 1 fully saturated rings. The van der Waals surface area contributed by atoms with Crippen molar-refractivity contribution in [3.8, 4) is 0 Å². The van der Waals surface area contributed by atoms with Crippen molar-refractivity contribution in [3.05, 3.63) is 0 Å². The van der Waals surface area contributed by atoms with Gasteiger partial charge in [-0.2, -0.15) is 17.0 Å². The van der Waals surface area contributed by atoms with Gasteiger partial charge in [0.05, 0.1) is 0 Å². The van der Waals surface area contributed by atoms with E-state index in [4.69, 9.17) is 0 Å². The Balaban J connectivity index is 2.59. The lowest BCUT2D eigenvalue weighted by Gasteiger charge is -2.28. The standard InChI is InChI=1S/C13H29N3O2S/c1-13(2,3)12-7-10-16(11-12)19(17,18)15(5)9-6-8-14-4/h12,14H,6-11H2,1-5H3. The summed E-state index contributed by atoms with van der Waals surface area (Å²) in [6.45, 7) is 9.27. The largest absolute Gasteiger partial charge is 0.320 e. The van der Waals surface area contributed by atoms with Crippen LogP contribution in [0.25, 0.3) is 0 Å². The number of rotatable bonds is 6. The third-order valence-corrected chi connectivity index (χ3v) is 5.95. The molecule has 19 heavy (non-hydrogen) atoms. The normalized spacial score (nSPS) is 22.3. The molecule has 0 aromatic heterocycles. The molecule has 6 heteroatoms. The summed E-state index contributed by atoms with van der Waals surface area (Å²) in [4.78, 5) is 0. The first-order valence-corrected chi connectivity index (χ1v) is 8.45. The van der Waals surface area contributed by atoms with Crippen molar-refractivity contribution < 1.29 is 8.42 Å². The van der Waals surface area contributed by atoms with E-state index in [2.05, 4.69) is 26.1 Å². The quantitative estimate of drug-likeness (QED) is 0.747. The van der Waals surface area contributed by atoms with Crippen LogP contribution in [0.1, 0.15) is 33.6 Å². The lowest BCUT2D eigenvalue weighted by Crippen LogP contribution is -2.42. The predicted molar refractivity (Wildman–Crippen MR) is 79.2 cm³/mol. The van der Waals surface area contributed by atoms with Crippen LogP contribution < -0.4 is 5.32 Å². The maximum atomic E-state index is 12.4. The molecule has 0 aromatic carbocycles. The van der Waals surface area contributed by atoms with Crippen molar-refractivity contribution in [2.75, 3.05) is 40.3 Å². The first kappa shape index (κ1) is 16.9. The minimum atomic E-state index is -3.27. The Morgan fingerprint density at radius 1 is 1.37 bits per heavy atom. The van der Waals surface area contributed by atoms with Gasteiger partial charge in [-0.05, 0) is 37.8 Å². The van der Waals surface area contributed by atoms with Gasteiger partial charge >= 0.3 is 0 Å². The fraction of sp³-hybridized carbons (Fsp3) is 1.00. The SMILES string of the molecule is CNCCCN(C)S(=O)(=O)N1CCC(C(C)(C)C)C1. The van der Waals surface area contributed by atoms with Crippen LogP contribution in [-0.2, 0) is 10.2 Å². The van der Waals surface area contributed by atoms with Crippen molar-refractivity contribution in [2.24, 2.45) is 11.3 Å². The molecule has 0 saturated carbocycles. The summed E-state index contributed by atoms with van der Waals surface area (Å²) in [5, 5.41) is 3.04. The van der Waals surface area contributed by atoms with Crippen LogP contribution in [0.5, 0.6) is 0 Å². The highest BCUT2D eigenvalue weighted by molar-refractivity contribution is 7.86. The van der Waals surface area contributed by atoms with Crippen molar-refractivity contribution >= 4 is 10.2 Å². The second-order valence-electron chi connectivity index (χ2n) is 6.50. The molecule has 1 saturated heterocycles. The minimum Gasteiger partial charge on any atom is -0.320 e. The third-order valence-electron chi connectivity index (χ3n) is 4.00. The van der Waals surface area contributed by atoms with Crippen molar-refractivity contribution in [1.82, 2.24) is 13.9 Å². The fourth-order valence-corrected chi connectivity index (χ4v) is 3.89. The lowest BCUT2D eigenvalue weighted by molar-refractivity contribution is 0.249. The first-order valence-electron chi connectivity index (χ1n) is 7.05. The highest BCUT2D eigenvalue weighted by Gasteiger charge is 2.38.